The molecule has 0 radical (unpaired) electrons. The SMILES string of the molecule is O=C(CCc1ccc(S(=O)(=O)N2CCCC2)cc1)Nc1ccccc1I. The third kappa shape index (κ3) is 4.63. The van der Waals surface area contributed by atoms with Crippen molar-refractivity contribution < 1.29 is 13.2 Å². The van der Waals surface area contributed by atoms with E-state index in [-0.39, 0.29) is 5.91 Å². The number of para-hydroxylation sites is 1. The van der Waals surface area contributed by atoms with Crippen LogP contribution in [0.4, 0.5) is 5.69 Å². The van der Waals surface area contributed by atoms with Crippen LogP contribution < -0.4 is 5.32 Å². The molecule has 0 saturated carbocycles. The molecule has 0 unspecified atom stereocenters. The van der Waals surface area contributed by atoms with Crippen LogP contribution in [0, 0.1) is 3.57 Å². The van der Waals surface area contributed by atoms with E-state index in [4.69, 9.17) is 0 Å². The van der Waals surface area contributed by atoms with Gasteiger partial charge in [-0.05, 0) is 71.7 Å². The molecule has 1 aliphatic rings. The normalized spacial score (nSPS) is 15.1. The second-order valence-corrected chi connectivity index (χ2v) is 9.38. The monoisotopic (exact) mass is 484 g/mol. The average Bonchev–Trinajstić information content (AvgIpc) is 3.18. The van der Waals surface area contributed by atoms with E-state index in [0.717, 1.165) is 27.7 Å². The van der Waals surface area contributed by atoms with Crippen LogP contribution in [-0.2, 0) is 21.2 Å². The summed E-state index contributed by atoms with van der Waals surface area (Å²) in [6, 6.07) is 14.5. The first-order valence-electron chi connectivity index (χ1n) is 8.60. The van der Waals surface area contributed by atoms with Gasteiger partial charge in [-0.25, -0.2) is 8.42 Å². The van der Waals surface area contributed by atoms with E-state index < -0.39 is 10.0 Å². The number of rotatable bonds is 6. The second kappa shape index (κ2) is 8.49. The Morgan fingerprint density at radius 3 is 2.35 bits per heavy atom. The van der Waals surface area contributed by atoms with Gasteiger partial charge in [0, 0.05) is 23.1 Å². The quantitative estimate of drug-likeness (QED) is 0.637. The van der Waals surface area contributed by atoms with Crippen molar-refractivity contribution in [1.29, 1.82) is 0 Å². The molecule has 138 valence electrons. The Hall–Kier alpha value is -1.45. The molecule has 5 nitrogen and oxygen atoms in total. The van der Waals surface area contributed by atoms with Gasteiger partial charge in [0.1, 0.15) is 0 Å². The summed E-state index contributed by atoms with van der Waals surface area (Å²) in [6.45, 7) is 1.20. The van der Waals surface area contributed by atoms with E-state index in [1.807, 2.05) is 24.3 Å². The van der Waals surface area contributed by atoms with Crippen molar-refractivity contribution >= 4 is 44.2 Å². The predicted molar refractivity (Wildman–Crippen MR) is 111 cm³/mol. The van der Waals surface area contributed by atoms with Gasteiger partial charge < -0.3 is 5.32 Å². The van der Waals surface area contributed by atoms with Crippen molar-refractivity contribution in [2.45, 2.75) is 30.6 Å². The molecule has 26 heavy (non-hydrogen) atoms. The van der Waals surface area contributed by atoms with Crippen LogP contribution in [0.3, 0.4) is 0 Å². The number of hydrogen-bond acceptors (Lipinski definition) is 3. The van der Waals surface area contributed by atoms with Crippen LogP contribution >= 0.6 is 22.6 Å². The predicted octanol–water partition coefficient (Wildman–Crippen LogP) is 3.65. The number of hydrogen-bond donors (Lipinski definition) is 1. The third-order valence-electron chi connectivity index (χ3n) is 4.41. The number of amides is 1. The zero-order chi connectivity index (χ0) is 18.6. The highest BCUT2D eigenvalue weighted by atomic mass is 127. The Morgan fingerprint density at radius 1 is 1.04 bits per heavy atom. The number of anilines is 1. The van der Waals surface area contributed by atoms with Crippen LogP contribution in [-0.4, -0.2) is 31.7 Å². The van der Waals surface area contributed by atoms with E-state index in [1.165, 1.54) is 4.31 Å². The van der Waals surface area contributed by atoms with Crippen LogP contribution in [0.25, 0.3) is 0 Å². The summed E-state index contributed by atoms with van der Waals surface area (Å²) in [5.74, 6) is -0.0529. The summed E-state index contributed by atoms with van der Waals surface area (Å²) in [4.78, 5) is 12.4. The molecule has 0 bridgehead atoms. The topological polar surface area (TPSA) is 66.5 Å². The highest BCUT2D eigenvalue weighted by Gasteiger charge is 2.26. The standard InChI is InChI=1S/C19H21IN2O3S/c20-17-5-1-2-6-18(17)21-19(23)12-9-15-7-10-16(11-8-15)26(24,25)22-13-3-4-14-22/h1-2,5-8,10-11H,3-4,9,12-14H2,(H,21,23). The molecule has 1 amide bonds. The first-order chi connectivity index (χ1) is 12.5. The van der Waals surface area contributed by atoms with Crippen molar-refractivity contribution in [3.05, 3.63) is 57.7 Å². The summed E-state index contributed by atoms with van der Waals surface area (Å²) in [7, 11) is -3.38. The summed E-state index contributed by atoms with van der Waals surface area (Å²) in [5, 5.41) is 2.90. The molecule has 1 N–H and O–H groups in total. The Morgan fingerprint density at radius 2 is 1.69 bits per heavy atom. The highest BCUT2D eigenvalue weighted by Crippen LogP contribution is 2.21. The lowest BCUT2D eigenvalue weighted by Gasteiger charge is -2.15. The summed E-state index contributed by atoms with van der Waals surface area (Å²) in [6.07, 6.45) is 2.77. The van der Waals surface area contributed by atoms with Gasteiger partial charge in [-0.15, -0.1) is 0 Å². The first kappa shape index (κ1) is 19.3. The molecule has 2 aromatic carbocycles. The first-order valence-corrected chi connectivity index (χ1v) is 11.1. The summed E-state index contributed by atoms with van der Waals surface area (Å²) in [5.41, 5.74) is 1.76. The lowest BCUT2D eigenvalue weighted by molar-refractivity contribution is -0.116. The van der Waals surface area contributed by atoms with Crippen LogP contribution in [0.5, 0.6) is 0 Å². The van der Waals surface area contributed by atoms with E-state index in [9.17, 15) is 13.2 Å². The molecule has 0 aliphatic carbocycles. The number of carbonyl (C=O) groups excluding carboxylic acids is 1. The zero-order valence-corrected chi connectivity index (χ0v) is 17.3. The number of aryl methyl sites for hydroxylation is 1. The number of nitrogens with one attached hydrogen (secondary N) is 1. The van der Waals surface area contributed by atoms with Gasteiger partial charge in [0.25, 0.3) is 0 Å². The number of halogens is 1. The van der Waals surface area contributed by atoms with Crippen molar-refractivity contribution in [2.75, 3.05) is 18.4 Å². The molecule has 0 atom stereocenters. The molecule has 3 rings (SSSR count). The minimum Gasteiger partial charge on any atom is -0.325 e. The average molecular weight is 484 g/mol. The minimum atomic E-state index is -3.38. The zero-order valence-electron chi connectivity index (χ0n) is 14.3. The molecule has 1 aliphatic heterocycles. The maximum atomic E-state index is 12.5. The number of carbonyl (C=O) groups is 1. The maximum Gasteiger partial charge on any atom is 0.243 e. The summed E-state index contributed by atoms with van der Waals surface area (Å²) < 4.78 is 27.6. The van der Waals surface area contributed by atoms with Gasteiger partial charge in [-0.2, -0.15) is 4.31 Å². The van der Waals surface area contributed by atoms with E-state index in [0.29, 0.717) is 30.8 Å². The third-order valence-corrected chi connectivity index (χ3v) is 7.27. The van der Waals surface area contributed by atoms with Crippen LogP contribution in [0.15, 0.2) is 53.4 Å². The second-order valence-electron chi connectivity index (χ2n) is 6.28. The molecule has 1 heterocycles. The molecular formula is C19H21IN2O3S. The van der Waals surface area contributed by atoms with E-state index in [1.54, 1.807) is 24.3 Å². The molecule has 1 fully saturated rings. The largest absolute Gasteiger partial charge is 0.325 e. The molecule has 0 aromatic heterocycles. The molecule has 7 heteroatoms. The maximum absolute atomic E-state index is 12.5. The lowest BCUT2D eigenvalue weighted by Crippen LogP contribution is -2.27. The van der Waals surface area contributed by atoms with Crippen molar-refractivity contribution in [3.63, 3.8) is 0 Å². The number of sulfonamides is 1. The lowest BCUT2D eigenvalue weighted by atomic mass is 10.1. The van der Waals surface area contributed by atoms with Crippen molar-refractivity contribution in [2.24, 2.45) is 0 Å². The van der Waals surface area contributed by atoms with Crippen LogP contribution in [0.2, 0.25) is 0 Å². The van der Waals surface area contributed by atoms with Crippen molar-refractivity contribution in [1.82, 2.24) is 4.31 Å². The molecular weight excluding hydrogens is 463 g/mol. The fourth-order valence-corrected chi connectivity index (χ4v) is 4.98. The van der Waals surface area contributed by atoms with Crippen molar-refractivity contribution in [3.8, 4) is 0 Å². The van der Waals surface area contributed by atoms with Crippen LogP contribution in [0.1, 0.15) is 24.8 Å². The fourth-order valence-electron chi connectivity index (χ4n) is 2.94. The van der Waals surface area contributed by atoms with Gasteiger partial charge in [-0.1, -0.05) is 24.3 Å². The van der Waals surface area contributed by atoms with Gasteiger partial charge in [0.2, 0.25) is 15.9 Å². The number of nitrogens with zero attached hydrogens (tertiary/aromatic N) is 1. The van der Waals surface area contributed by atoms with Gasteiger partial charge in [-0.3, -0.25) is 4.79 Å². The molecule has 0 spiro atoms. The highest BCUT2D eigenvalue weighted by molar-refractivity contribution is 14.1. The van der Waals surface area contributed by atoms with E-state index in [2.05, 4.69) is 27.9 Å². The summed E-state index contributed by atoms with van der Waals surface area (Å²) >= 11 is 2.18. The Kier molecular flexibility index (Phi) is 6.31. The molecule has 1 saturated heterocycles. The number of benzene rings is 2. The minimum absolute atomic E-state index is 0.0529. The smallest absolute Gasteiger partial charge is 0.243 e. The Balaban J connectivity index is 1.57. The van der Waals surface area contributed by atoms with E-state index >= 15 is 0 Å². The van der Waals surface area contributed by atoms with Gasteiger partial charge in [0.15, 0.2) is 0 Å². The van der Waals surface area contributed by atoms with Gasteiger partial charge >= 0.3 is 0 Å². The Bertz CT molecular complexity index is 876. The Labute approximate surface area is 168 Å². The van der Waals surface area contributed by atoms with Gasteiger partial charge in [0.05, 0.1) is 10.6 Å². The molecule has 2 aromatic rings. The fraction of sp³-hybridized carbons (Fsp3) is 0.316.